The molecule has 0 fully saturated rings. The Labute approximate surface area is 125 Å². The van der Waals surface area contributed by atoms with Crippen LogP contribution in [-0.4, -0.2) is 0 Å². The molecule has 20 heavy (non-hydrogen) atoms. The van der Waals surface area contributed by atoms with Crippen LogP contribution < -0.4 is 5.73 Å². The fourth-order valence-corrected chi connectivity index (χ4v) is 2.70. The molecular formula is C18H18ClN. The Kier molecular flexibility index (Phi) is 4.43. The van der Waals surface area contributed by atoms with Crippen molar-refractivity contribution in [3.05, 3.63) is 72.8 Å². The van der Waals surface area contributed by atoms with Gasteiger partial charge in [-0.05, 0) is 39.6 Å². The summed E-state index contributed by atoms with van der Waals surface area (Å²) in [7, 11) is 0. The van der Waals surface area contributed by atoms with Crippen LogP contribution in [0, 0.1) is 0 Å². The van der Waals surface area contributed by atoms with Crippen LogP contribution in [0.5, 0.6) is 0 Å². The molecule has 0 aliphatic heterocycles. The summed E-state index contributed by atoms with van der Waals surface area (Å²) in [6.07, 6.45) is 2.68. The van der Waals surface area contributed by atoms with Crippen LogP contribution in [0.15, 0.2) is 67.3 Å². The van der Waals surface area contributed by atoms with Crippen molar-refractivity contribution < 1.29 is 0 Å². The van der Waals surface area contributed by atoms with E-state index in [1.807, 2.05) is 6.08 Å². The molecule has 102 valence electrons. The lowest BCUT2D eigenvalue weighted by molar-refractivity contribution is 0.749. The number of halogens is 1. The first-order valence-electron chi connectivity index (χ1n) is 6.58. The summed E-state index contributed by atoms with van der Waals surface area (Å²) in [4.78, 5) is 0. The van der Waals surface area contributed by atoms with E-state index in [0.29, 0.717) is 0 Å². The van der Waals surface area contributed by atoms with Crippen molar-refractivity contribution in [3.63, 3.8) is 0 Å². The summed E-state index contributed by atoms with van der Waals surface area (Å²) >= 11 is 0. The average Bonchev–Trinajstić information content (AvgIpc) is 2.46. The molecule has 2 N–H and O–H groups in total. The van der Waals surface area contributed by atoms with Crippen LogP contribution in [0.4, 0.5) is 0 Å². The second-order valence-corrected chi connectivity index (χ2v) is 4.86. The van der Waals surface area contributed by atoms with Gasteiger partial charge in [0, 0.05) is 6.04 Å². The van der Waals surface area contributed by atoms with Crippen molar-refractivity contribution in [2.75, 3.05) is 0 Å². The number of nitrogens with two attached hydrogens (primary N) is 1. The highest BCUT2D eigenvalue weighted by atomic mass is 35.5. The van der Waals surface area contributed by atoms with Crippen LogP contribution >= 0.6 is 12.4 Å². The minimum Gasteiger partial charge on any atom is -0.324 e. The van der Waals surface area contributed by atoms with Crippen molar-refractivity contribution in [2.24, 2.45) is 5.73 Å². The lowest BCUT2D eigenvalue weighted by atomic mass is 9.93. The van der Waals surface area contributed by atoms with Gasteiger partial charge in [-0.2, -0.15) is 0 Å². The predicted molar refractivity (Wildman–Crippen MR) is 90.4 cm³/mol. The van der Waals surface area contributed by atoms with Gasteiger partial charge in [-0.3, -0.25) is 0 Å². The fourth-order valence-electron chi connectivity index (χ4n) is 2.70. The molecule has 3 aromatic carbocycles. The van der Waals surface area contributed by atoms with Crippen LogP contribution in [0.3, 0.4) is 0 Å². The molecule has 1 nitrogen and oxygen atoms in total. The Hall–Kier alpha value is -1.83. The number of rotatable bonds is 3. The van der Waals surface area contributed by atoms with Gasteiger partial charge >= 0.3 is 0 Å². The molecule has 0 amide bonds. The summed E-state index contributed by atoms with van der Waals surface area (Å²) in [6.45, 7) is 3.79. The molecule has 1 atom stereocenters. The van der Waals surface area contributed by atoms with Crippen LogP contribution in [0.2, 0.25) is 0 Å². The SMILES string of the molecule is C=CC[C@@H](N)c1cc2ccccc2c2ccccc12.Cl. The Morgan fingerprint density at radius 2 is 1.55 bits per heavy atom. The van der Waals surface area contributed by atoms with Gasteiger partial charge in [0.25, 0.3) is 0 Å². The van der Waals surface area contributed by atoms with E-state index in [1.165, 1.54) is 27.1 Å². The molecular weight excluding hydrogens is 266 g/mol. The highest BCUT2D eigenvalue weighted by Crippen LogP contribution is 2.32. The Bertz CT molecular complexity index is 749. The molecule has 3 rings (SSSR count). The highest BCUT2D eigenvalue weighted by Gasteiger charge is 2.11. The normalized spacial score (nSPS) is 12.1. The van der Waals surface area contributed by atoms with Gasteiger partial charge in [0.2, 0.25) is 0 Å². The van der Waals surface area contributed by atoms with Crippen molar-refractivity contribution >= 4 is 34.0 Å². The Balaban J connectivity index is 0.00000147. The van der Waals surface area contributed by atoms with E-state index in [9.17, 15) is 0 Å². The lowest BCUT2D eigenvalue weighted by Crippen LogP contribution is -2.09. The van der Waals surface area contributed by atoms with E-state index in [-0.39, 0.29) is 18.4 Å². The molecule has 0 saturated carbocycles. The summed E-state index contributed by atoms with van der Waals surface area (Å²) in [5, 5.41) is 5.05. The second-order valence-electron chi connectivity index (χ2n) is 4.86. The van der Waals surface area contributed by atoms with E-state index in [0.717, 1.165) is 6.42 Å². The maximum atomic E-state index is 6.29. The number of hydrogen-bond acceptors (Lipinski definition) is 1. The molecule has 0 bridgehead atoms. The van der Waals surface area contributed by atoms with Gasteiger partial charge < -0.3 is 5.73 Å². The van der Waals surface area contributed by atoms with Gasteiger partial charge in [0.05, 0.1) is 0 Å². The zero-order chi connectivity index (χ0) is 13.2. The third-order valence-electron chi connectivity index (χ3n) is 3.62. The Morgan fingerprint density at radius 1 is 0.950 bits per heavy atom. The molecule has 0 aromatic heterocycles. The maximum absolute atomic E-state index is 6.29. The molecule has 2 heteroatoms. The van der Waals surface area contributed by atoms with E-state index in [4.69, 9.17) is 5.73 Å². The maximum Gasteiger partial charge on any atom is 0.0336 e. The first-order chi connectivity index (χ1) is 9.31. The summed E-state index contributed by atoms with van der Waals surface area (Å²) in [5.41, 5.74) is 7.49. The molecule has 0 unspecified atom stereocenters. The van der Waals surface area contributed by atoms with Gasteiger partial charge in [0.15, 0.2) is 0 Å². The van der Waals surface area contributed by atoms with Gasteiger partial charge in [-0.15, -0.1) is 19.0 Å². The number of fused-ring (bicyclic) bond motifs is 3. The van der Waals surface area contributed by atoms with Crippen LogP contribution in [0.1, 0.15) is 18.0 Å². The fraction of sp³-hybridized carbons (Fsp3) is 0.111. The van der Waals surface area contributed by atoms with Gasteiger partial charge in [-0.25, -0.2) is 0 Å². The zero-order valence-corrected chi connectivity index (χ0v) is 12.1. The van der Waals surface area contributed by atoms with E-state index in [1.54, 1.807) is 0 Å². The quantitative estimate of drug-likeness (QED) is 0.532. The highest BCUT2D eigenvalue weighted by molar-refractivity contribution is 6.09. The summed E-state index contributed by atoms with van der Waals surface area (Å²) in [5.74, 6) is 0. The van der Waals surface area contributed by atoms with E-state index in [2.05, 4.69) is 61.2 Å². The number of benzene rings is 3. The monoisotopic (exact) mass is 283 g/mol. The van der Waals surface area contributed by atoms with Crippen molar-refractivity contribution in [2.45, 2.75) is 12.5 Å². The molecule has 0 radical (unpaired) electrons. The number of hydrogen-bond donors (Lipinski definition) is 1. The predicted octanol–water partition coefficient (Wildman–Crippen LogP) is 4.99. The van der Waals surface area contributed by atoms with Crippen molar-refractivity contribution in [1.82, 2.24) is 0 Å². The topological polar surface area (TPSA) is 26.0 Å². The first kappa shape index (κ1) is 14.6. The molecule has 0 aliphatic carbocycles. The average molecular weight is 284 g/mol. The van der Waals surface area contributed by atoms with Gasteiger partial charge in [0.1, 0.15) is 0 Å². The first-order valence-corrected chi connectivity index (χ1v) is 6.58. The molecule has 3 aromatic rings. The third kappa shape index (κ3) is 2.43. The minimum atomic E-state index is 0. The van der Waals surface area contributed by atoms with E-state index >= 15 is 0 Å². The lowest BCUT2D eigenvalue weighted by Gasteiger charge is -2.15. The molecule has 0 spiro atoms. The zero-order valence-electron chi connectivity index (χ0n) is 11.3. The Morgan fingerprint density at radius 3 is 2.25 bits per heavy atom. The smallest absolute Gasteiger partial charge is 0.0336 e. The molecule has 0 saturated heterocycles. The van der Waals surface area contributed by atoms with Crippen molar-refractivity contribution in [3.8, 4) is 0 Å². The largest absolute Gasteiger partial charge is 0.324 e. The van der Waals surface area contributed by atoms with Gasteiger partial charge in [-0.1, -0.05) is 54.6 Å². The minimum absolute atomic E-state index is 0. The molecule has 0 heterocycles. The van der Waals surface area contributed by atoms with Crippen LogP contribution in [-0.2, 0) is 0 Å². The van der Waals surface area contributed by atoms with Crippen molar-refractivity contribution in [1.29, 1.82) is 0 Å². The molecule has 0 aliphatic rings. The summed E-state index contributed by atoms with van der Waals surface area (Å²) in [6, 6.07) is 19.2. The van der Waals surface area contributed by atoms with E-state index < -0.39 is 0 Å². The third-order valence-corrected chi connectivity index (χ3v) is 3.62. The standard InChI is InChI=1S/C18H17N.ClH/c1-2-7-18(19)17-12-13-8-3-4-9-14(13)15-10-5-6-11-16(15)17;/h2-6,8-12,18H,1,7,19H2;1H/t18-;/m1./s1. The van der Waals surface area contributed by atoms with Crippen LogP contribution in [0.25, 0.3) is 21.5 Å². The second kappa shape index (κ2) is 6.08. The summed E-state index contributed by atoms with van der Waals surface area (Å²) < 4.78 is 0.